The number of benzene rings is 1. The van der Waals surface area contributed by atoms with Crippen molar-refractivity contribution in [1.29, 1.82) is 0 Å². The maximum absolute atomic E-state index is 11.7. The number of hydrogen-bond donors (Lipinski definition) is 3. The summed E-state index contributed by atoms with van der Waals surface area (Å²) in [7, 11) is 2.97. The van der Waals surface area contributed by atoms with Crippen molar-refractivity contribution in [2.24, 2.45) is 0 Å². The van der Waals surface area contributed by atoms with Gasteiger partial charge in [-0.05, 0) is 31.2 Å². The Labute approximate surface area is 123 Å². The Morgan fingerprint density at radius 3 is 2.33 bits per heavy atom. The van der Waals surface area contributed by atoms with E-state index in [1.54, 1.807) is 24.3 Å². The van der Waals surface area contributed by atoms with Gasteiger partial charge in [0, 0.05) is 19.3 Å². The molecule has 0 spiro atoms. The van der Waals surface area contributed by atoms with Crippen molar-refractivity contribution in [1.82, 2.24) is 5.32 Å². The number of ether oxygens (including phenoxy) is 2. The smallest absolute Gasteiger partial charge is 0.313 e. The average Bonchev–Trinajstić information content (AvgIpc) is 2.45. The molecule has 0 aliphatic carbocycles. The third kappa shape index (κ3) is 5.80. The van der Waals surface area contributed by atoms with Gasteiger partial charge in [-0.2, -0.15) is 0 Å². The van der Waals surface area contributed by atoms with Crippen LogP contribution in [-0.4, -0.2) is 49.9 Å². The third-order valence-corrected chi connectivity index (χ3v) is 2.64. The molecule has 116 valence electrons. The molecule has 0 bridgehead atoms. The molecule has 0 saturated heterocycles. The van der Waals surface area contributed by atoms with Crippen LogP contribution >= 0.6 is 0 Å². The molecule has 7 nitrogen and oxygen atoms in total. The Morgan fingerprint density at radius 1 is 1.19 bits per heavy atom. The minimum Gasteiger partial charge on any atom is -0.497 e. The SMILES string of the molecule is COC[C@@](C)(O)CNC(=O)C(=O)Nc1ccc(OC)cc1. The highest BCUT2D eigenvalue weighted by Gasteiger charge is 2.23. The fourth-order valence-corrected chi connectivity index (χ4v) is 1.58. The molecule has 0 radical (unpaired) electrons. The molecular weight excluding hydrogens is 276 g/mol. The van der Waals surface area contributed by atoms with E-state index in [0.29, 0.717) is 11.4 Å². The van der Waals surface area contributed by atoms with E-state index in [4.69, 9.17) is 9.47 Å². The molecule has 7 heteroatoms. The first-order valence-corrected chi connectivity index (χ1v) is 6.32. The van der Waals surface area contributed by atoms with Crippen molar-refractivity contribution in [2.45, 2.75) is 12.5 Å². The van der Waals surface area contributed by atoms with Crippen LogP contribution in [0.15, 0.2) is 24.3 Å². The molecule has 0 saturated carbocycles. The number of methoxy groups -OCH3 is 2. The summed E-state index contributed by atoms with van der Waals surface area (Å²) < 4.78 is 9.79. The number of nitrogens with one attached hydrogen (secondary N) is 2. The highest BCUT2D eigenvalue weighted by Crippen LogP contribution is 2.14. The van der Waals surface area contributed by atoms with Gasteiger partial charge in [0.05, 0.1) is 13.7 Å². The Kier molecular flexibility index (Phi) is 6.13. The van der Waals surface area contributed by atoms with E-state index >= 15 is 0 Å². The molecule has 21 heavy (non-hydrogen) atoms. The number of hydrogen-bond acceptors (Lipinski definition) is 5. The van der Waals surface area contributed by atoms with Gasteiger partial charge < -0.3 is 25.2 Å². The summed E-state index contributed by atoms with van der Waals surface area (Å²) in [5.74, 6) is -0.997. The van der Waals surface area contributed by atoms with Crippen LogP contribution in [0.5, 0.6) is 5.75 Å². The van der Waals surface area contributed by atoms with Crippen molar-refractivity contribution in [3.63, 3.8) is 0 Å². The Hall–Kier alpha value is -2.12. The topological polar surface area (TPSA) is 96.9 Å². The molecule has 0 fully saturated rings. The second kappa shape index (κ2) is 7.61. The quantitative estimate of drug-likeness (QED) is 0.649. The lowest BCUT2D eigenvalue weighted by atomic mass is 10.1. The predicted molar refractivity (Wildman–Crippen MR) is 77.1 cm³/mol. The van der Waals surface area contributed by atoms with Crippen LogP contribution in [0.1, 0.15) is 6.92 Å². The van der Waals surface area contributed by atoms with Gasteiger partial charge in [-0.3, -0.25) is 9.59 Å². The molecule has 1 aromatic rings. The second-order valence-electron chi connectivity index (χ2n) is 4.80. The second-order valence-corrected chi connectivity index (χ2v) is 4.80. The Balaban J connectivity index is 2.49. The van der Waals surface area contributed by atoms with Crippen molar-refractivity contribution < 1.29 is 24.2 Å². The van der Waals surface area contributed by atoms with Gasteiger partial charge in [0.2, 0.25) is 0 Å². The van der Waals surface area contributed by atoms with E-state index in [9.17, 15) is 14.7 Å². The predicted octanol–water partition coefficient (Wildman–Crippen LogP) is 0.147. The van der Waals surface area contributed by atoms with E-state index in [1.165, 1.54) is 21.1 Å². The Morgan fingerprint density at radius 2 is 1.81 bits per heavy atom. The van der Waals surface area contributed by atoms with Crippen LogP contribution in [0.4, 0.5) is 5.69 Å². The van der Waals surface area contributed by atoms with E-state index in [1.807, 2.05) is 0 Å². The molecule has 2 amide bonds. The van der Waals surface area contributed by atoms with Crippen LogP contribution in [0.25, 0.3) is 0 Å². The first kappa shape index (κ1) is 16.9. The number of amides is 2. The minimum absolute atomic E-state index is 0.0490. The maximum Gasteiger partial charge on any atom is 0.313 e. The molecular formula is C14H20N2O5. The van der Waals surface area contributed by atoms with Gasteiger partial charge >= 0.3 is 11.8 Å². The zero-order chi connectivity index (χ0) is 15.9. The average molecular weight is 296 g/mol. The molecule has 0 heterocycles. The summed E-state index contributed by atoms with van der Waals surface area (Å²) in [6.07, 6.45) is 0. The van der Waals surface area contributed by atoms with Crippen molar-refractivity contribution in [2.75, 3.05) is 32.7 Å². The zero-order valence-corrected chi connectivity index (χ0v) is 12.3. The molecule has 0 aliphatic rings. The van der Waals surface area contributed by atoms with Crippen LogP contribution in [0.3, 0.4) is 0 Å². The number of aliphatic hydroxyl groups is 1. The van der Waals surface area contributed by atoms with Crippen LogP contribution < -0.4 is 15.4 Å². The van der Waals surface area contributed by atoms with E-state index in [0.717, 1.165) is 0 Å². The largest absolute Gasteiger partial charge is 0.497 e. The highest BCUT2D eigenvalue weighted by atomic mass is 16.5. The summed E-state index contributed by atoms with van der Waals surface area (Å²) >= 11 is 0. The molecule has 0 aliphatic heterocycles. The zero-order valence-electron chi connectivity index (χ0n) is 12.3. The molecule has 0 aromatic heterocycles. The molecule has 1 aromatic carbocycles. The first-order valence-electron chi connectivity index (χ1n) is 6.32. The summed E-state index contributed by atoms with van der Waals surface area (Å²) in [4.78, 5) is 23.3. The standard InChI is InChI=1S/C14H20N2O5/c1-14(19,9-20-2)8-15-12(17)13(18)16-10-4-6-11(21-3)7-5-10/h4-7,19H,8-9H2,1-3H3,(H,15,17)(H,16,18)/t14-/m0/s1. The lowest BCUT2D eigenvalue weighted by Gasteiger charge is -2.22. The fourth-order valence-electron chi connectivity index (χ4n) is 1.58. The maximum atomic E-state index is 11.7. The van der Waals surface area contributed by atoms with E-state index in [-0.39, 0.29) is 13.2 Å². The number of anilines is 1. The molecule has 1 rings (SSSR count). The van der Waals surface area contributed by atoms with Crippen molar-refractivity contribution >= 4 is 17.5 Å². The summed E-state index contributed by atoms with van der Waals surface area (Å²) in [5.41, 5.74) is -0.759. The normalized spacial score (nSPS) is 13.1. The Bertz CT molecular complexity index is 485. The van der Waals surface area contributed by atoms with E-state index in [2.05, 4.69) is 10.6 Å². The molecule has 3 N–H and O–H groups in total. The molecule has 0 unspecified atom stereocenters. The van der Waals surface area contributed by atoms with Gasteiger partial charge in [-0.1, -0.05) is 0 Å². The summed E-state index contributed by atoms with van der Waals surface area (Å²) in [6.45, 7) is 1.46. The number of rotatable bonds is 6. The van der Waals surface area contributed by atoms with Gasteiger partial charge in [0.1, 0.15) is 11.4 Å². The molecule has 1 atom stereocenters. The van der Waals surface area contributed by atoms with Crippen LogP contribution in [0.2, 0.25) is 0 Å². The monoisotopic (exact) mass is 296 g/mol. The van der Waals surface area contributed by atoms with Crippen molar-refractivity contribution in [3.8, 4) is 5.75 Å². The fraction of sp³-hybridized carbons (Fsp3) is 0.429. The minimum atomic E-state index is -1.23. The number of carbonyl (C=O) groups is 2. The summed E-state index contributed by atoms with van der Waals surface area (Å²) in [6, 6.07) is 6.56. The lowest BCUT2D eigenvalue weighted by molar-refractivity contribution is -0.137. The van der Waals surface area contributed by atoms with Crippen molar-refractivity contribution in [3.05, 3.63) is 24.3 Å². The highest BCUT2D eigenvalue weighted by molar-refractivity contribution is 6.39. The van der Waals surface area contributed by atoms with E-state index < -0.39 is 17.4 Å². The van der Waals surface area contributed by atoms with Gasteiger partial charge in [0.15, 0.2) is 0 Å². The van der Waals surface area contributed by atoms with Gasteiger partial charge in [-0.25, -0.2) is 0 Å². The lowest BCUT2D eigenvalue weighted by Crippen LogP contribution is -2.46. The van der Waals surface area contributed by atoms with Gasteiger partial charge in [-0.15, -0.1) is 0 Å². The number of carbonyl (C=O) groups excluding carboxylic acids is 2. The van der Waals surface area contributed by atoms with Crippen LogP contribution in [-0.2, 0) is 14.3 Å². The summed E-state index contributed by atoms with van der Waals surface area (Å²) in [5, 5.41) is 14.6. The van der Waals surface area contributed by atoms with Crippen LogP contribution in [0, 0.1) is 0 Å². The third-order valence-electron chi connectivity index (χ3n) is 2.64. The van der Waals surface area contributed by atoms with Gasteiger partial charge in [0.25, 0.3) is 0 Å². The first-order chi connectivity index (χ1) is 9.88.